The average Bonchev–Trinajstić information content (AvgIpc) is 3.00. The quantitative estimate of drug-likeness (QED) is 0.597. The fourth-order valence-electron chi connectivity index (χ4n) is 2.96. The number of allylic oxidation sites excluding steroid dienone is 1. The molecule has 3 rings (SSSR count). The van der Waals surface area contributed by atoms with E-state index in [1.54, 1.807) is 25.1 Å². The van der Waals surface area contributed by atoms with Gasteiger partial charge in [0.2, 0.25) is 0 Å². The smallest absolute Gasteiger partial charge is 0.192 e. The van der Waals surface area contributed by atoms with Crippen molar-refractivity contribution in [2.24, 2.45) is 7.05 Å². The molecule has 25 heavy (non-hydrogen) atoms. The van der Waals surface area contributed by atoms with Gasteiger partial charge >= 0.3 is 0 Å². The molecule has 0 atom stereocenters. The number of aromatic nitrogens is 2. The molecule has 1 aromatic carbocycles. The van der Waals surface area contributed by atoms with Crippen LogP contribution in [-0.4, -0.2) is 43.0 Å². The lowest BCUT2D eigenvalue weighted by Crippen LogP contribution is -2.15. The predicted octanol–water partition coefficient (Wildman–Crippen LogP) is 2.67. The van der Waals surface area contributed by atoms with E-state index in [9.17, 15) is 4.79 Å². The number of Topliss-reactive ketones (excluding diaryl/α,β-unsaturated/α-hetero) is 1. The zero-order valence-electron chi connectivity index (χ0n) is 14.7. The van der Waals surface area contributed by atoms with Gasteiger partial charge in [0.1, 0.15) is 6.61 Å². The molecule has 132 valence electrons. The van der Waals surface area contributed by atoms with Crippen LogP contribution < -0.4 is 9.47 Å². The molecule has 0 aliphatic heterocycles. The minimum absolute atomic E-state index is 0.0498. The maximum Gasteiger partial charge on any atom is 0.192 e. The first-order chi connectivity index (χ1) is 12.1. The van der Waals surface area contributed by atoms with Crippen LogP contribution in [-0.2, 0) is 18.2 Å². The van der Waals surface area contributed by atoms with Gasteiger partial charge in [-0.25, -0.2) is 0 Å². The van der Waals surface area contributed by atoms with Gasteiger partial charge in [0.25, 0.3) is 0 Å². The third-order valence-electron chi connectivity index (χ3n) is 4.30. The molecule has 6 nitrogen and oxygen atoms in total. The van der Waals surface area contributed by atoms with Gasteiger partial charge in [0, 0.05) is 25.4 Å². The van der Waals surface area contributed by atoms with Crippen LogP contribution in [0.3, 0.4) is 0 Å². The Kier molecular flexibility index (Phi) is 5.19. The molecule has 1 aromatic heterocycles. The molecule has 0 radical (unpaired) electrons. The standard InChI is InChI=1S/C19H22N2O4/c1-21-16-6-5-14(19(22)15(16)12-20-21)10-13-4-7-17(18(11-13)24-3)25-9-8-23-2/h4,7,10-12H,5-6,8-9H2,1-3H3/b14-10-. The van der Waals surface area contributed by atoms with Gasteiger partial charge in [0.15, 0.2) is 17.3 Å². The van der Waals surface area contributed by atoms with E-state index in [4.69, 9.17) is 14.2 Å². The number of hydrogen-bond acceptors (Lipinski definition) is 5. The Labute approximate surface area is 147 Å². The monoisotopic (exact) mass is 342 g/mol. The highest BCUT2D eigenvalue weighted by molar-refractivity contribution is 6.12. The van der Waals surface area contributed by atoms with Crippen molar-refractivity contribution in [3.05, 3.63) is 46.8 Å². The van der Waals surface area contributed by atoms with Crippen molar-refractivity contribution in [1.29, 1.82) is 0 Å². The molecule has 2 aromatic rings. The highest BCUT2D eigenvalue weighted by Gasteiger charge is 2.25. The summed E-state index contributed by atoms with van der Waals surface area (Å²) in [7, 11) is 5.10. The van der Waals surface area contributed by atoms with Gasteiger partial charge in [-0.3, -0.25) is 9.48 Å². The average molecular weight is 342 g/mol. The SMILES string of the molecule is COCCOc1ccc(/C=C2/CCc3c(cnn3C)C2=O)cc1OC. The van der Waals surface area contributed by atoms with Crippen molar-refractivity contribution in [1.82, 2.24) is 9.78 Å². The summed E-state index contributed by atoms with van der Waals surface area (Å²) in [6.45, 7) is 0.965. The number of fused-ring (bicyclic) bond motifs is 1. The molecule has 0 saturated heterocycles. The van der Waals surface area contributed by atoms with Gasteiger partial charge in [0.05, 0.1) is 25.5 Å². The third-order valence-corrected chi connectivity index (χ3v) is 4.30. The highest BCUT2D eigenvalue weighted by atomic mass is 16.5. The van der Waals surface area contributed by atoms with Crippen molar-refractivity contribution in [3.8, 4) is 11.5 Å². The van der Waals surface area contributed by atoms with E-state index in [-0.39, 0.29) is 5.78 Å². The summed E-state index contributed by atoms with van der Waals surface area (Å²) in [6, 6.07) is 5.65. The van der Waals surface area contributed by atoms with Crippen LogP contribution in [0.5, 0.6) is 11.5 Å². The van der Waals surface area contributed by atoms with Crippen LogP contribution in [0.4, 0.5) is 0 Å². The minimum Gasteiger partial charge on any atom is -0.493 e. The lowest BCUT2D eigenvalue weighted by molar-refractivity contribution is 0.102. The number of ether oxygens (including phenoxy) is 3. The number of benzene rings is 1. The number of hydrogen-bond donors (Lipinski definition) is 0. The van der Waals surface area contributed by atoms with Crippen LogP contribution in [0.2, 0.25) is 0 Å². The van der Waals surface area contributed by atoms with E-state index in [2.05, 4.69) is 5.10 Å². The Bertz CT molecular complexity index is 808. The largest absolute Gasteiger partial charge is 0.493 e. The van der Waals surface area contributed by atoms with Crippen LogP contribution in [0, 0.1) is 0 Å². The summed E-state index contributed by atoms with van der Waals surface area (Å²) in [5.41, 5.74) is 3.40. The van der Waals surface area contributed by atoms with Crippen LogP contribution in [0.25, 0.3) is 6.08 Å². The van der Waals surface area contributed by atoms with Crippen molar-refractivity contribution < 1.29 is 19.0 Å². The first kappa shape index (κ1) is 17.2. The van der Waals surface area contributed by atoms with Crippen LogP contribution in [0.15, 0.2) is 30.0 Å². The molecular weight excluding hydrogens is 320 g/mol. The van der Waals surface area contributed by atoms with Gasteiger partial charge in [-0.1, -0.05) is 6.07 Å². The second-order valence-corrected chi connectivity index (χ2v) is 5.88. The zero-order valence-corrected chi connectivity index (χ0v) is 14.7. The zero-order chi connectivity index (χ0) is 17.8. The summed E-state index contributed by atoms with van der Waals surface area (Å²) < 4.78 is 17.8. The van der Waals surface area contributed by atoms with E-state index < -0.39 is 0 Å². The van der Waals surface area contributed by atoms with Crippen LogP contribution in [0.1, 0.15) is 28.0 Å². The molecule has 0 saturated carbocycles. The molecule has 0 unspecified atom stereocenters. The van der Waals surface area contributed by atoms with E-state index in [1.165, 1.54) is 0 Å². The first-order valence-corrected chi connectivity index (χ1v) is 8.20. The summed E-state index contributed by atoms with van der Waals surface area (Å²) >= 11 is 0. The lowest BCUT2D eigenvalue weighted by atomic mass is 9.90. The number of carbonyl (C=O) groups is 1. The fourth-order valence-corrected chi connectivity index (χ4v) is 2.96. The number of ketones is 1. The maximum absolute atomic E-state index is 12.6. The van der Waals surface area contributed by atoms with Gasteiger partial charge < -0.3 is 14.2 Å². The molecule has 0 N–H and O–H groups in total. The molecule has 6 heteroatoms. The minimum atomic E-state index is 0.0498. The molecule has 0 spiro atoms. The van der Waals surface area contributed by atoms with Crippen molar-refractivity contribution in [3.63, 3.8) is 0 Å². The fraction of sp³-hybridized carbons (Fsp3) is 0.368. The molecule has 0 fully saturated rings. The van der Waals surface area contributed by atoms with E-state index in [0.29, 0.717) is 36.7 Å². The number of methoxy groups -OCH3 is 2. The summed E-state index contributed by atoms with van der Waals surface area (Å²) in [5.74, 6) is 1.34. The second-order valence-electron chi connectivity index (χ2n) is 5.88. The van der Waals surface area contributed by atoms with E-state index in [0.717, 1.165) is 23.3 Å². The maximum atomic E-state index is 12.6. The topological polar surface area (TPSA) is 62.6 Å². The normalized spacial score (nSPS) is 15.3. The molecule has 1 aliphatic rings. The number of rotatable bonds is 6. The summed E-state index contributed by atoms with van der Waals surface area (Å²) in [6.07, 6.45) is 5.09. The second kappa shape index (κ2) is 7.53. The Morgan fingerprint density at radius 2 is 2.04 bits per heavy atom. The van der Waals surface area contributed by atoms with Crippen molar-refractivity contribution >= 4 is 11.9 Å². The molecule has 0 bridgehead atoms. The number of carbonyl (C=O) groups excluding carboxylic acids is 1. The highest BCUT2D eigenvalue weighted by Crippen LogP contribution is 2.31. The summed E-state index contributed by atoms with van der Waals surface area (Å²) in [4.78, 5) is 12.6. The van der Waals surface area contributed by atoms with Crippen molar-refractivity contribution in [2.75, 3.05) is 27.4 Å². The molecule has 1 aliphatic carbocycles. The van der Waals surface area contributed by atoms with Crippen molar-refractivity contribution in [2.45, 2.75) is 12.8 Å². The third kappa shape index (κ3) is 3.58. The van der Waals surface area contributed by atoms with Gasteiger partial charge in [-0.05, 0) is 36.6 Å². The first-order valence-electron chi connectivity index (χ1n) is 8.20. The Morgan fingerprint density at radius 1 is 1.20 bits per heavy atom. The lowest BCUT2D eigenvalue weighted by Gasteiger charge is -2.15. The van der Waals surface area contributed by atoms with E-state index in [1.807, 2.05) is 31.3 Å². The summed E-state index contributed by atoms with van der Waals surface area (Å²) in [5, 5.41) is 4.19. The van der Waals surface area contributed by atoms with Gasteiger partial charge in [-0.2, -0.15) is 5.10 Å². The Morgan fingerprint density at radius 3 is 2.80 bits per heavy atom. The molecular formula is C19H22N2O4. The number of nitrogens with zero attached hydrogens (tertiary/aromatic N) is 2. The Balaban J connectivity index is 1.82. The van der Waals surface area contributed by atoms with E-state index >= 15 is 0 Å². The van der Waals surface area contributed by atoms with Gasteiger partial charge in [-0.15, -0.1) is 0 Å². The predicted molar refractivity (Wildman–Crippen MR) is 94.2 cm³/mol. The molecule has 0 amide bonds. The Hall–Kier alpha value is -2.60. The number of aryl methyl sites for hydroxylation is 1. The molecule has 1 heterocycles. The van der Waals surface area contributed by atoms with Crippen LogP contribution >= 0.6 is 0 Å².